The zero-order valence-corrected chi connectivity index (χ0v) is 19.1. The van der Waals surface area contributed by atoms with E-state index in [0.29, 0.717) is 10.8 Å². The maximum atomic E-state index is 13.2. The number of rotatable bonds is 4. The van der Waals surface area contributed by atoms with Gasteiger partial charge in [0.05, 0.1) is 6.10 Å². The molecule has 5 unspecified atom stereocenters. The molecule has 4 aliphatic carbocycles. The van der Waals surface area contributed by atoms with Crippen LogP contribution in [0.1, 0.15) is 90.0 Å². The molecule has 0 heterocycles. The summed E-state index contributed by atoms with van der Waals surface area (Å²) >= 11 is 0. The number of aryl methyl sites for hydroxylation is 1. The first-order valence-corrected chi connectivity index (χ1v) is 12.8. The van der Waals surface area contributed by atoms with Gasteiger partial charge in [0, 0.05) is 0 Å². The highest BCUT2D eigenvalue weighted by Gasteiger charge is 2.59. The van der Waals surface area contributed by atoms with Gasteiger partial charge in [-0.2, -0.15) is 0 Å². The van der Waals surface area contributed by atoms with Gasteiger partial charge in [-0.25, -0.2) is 4.39 Å². The van der Waals surface area contributed by atoms with E-state index < -0.39 is 0 Å². The third kappa shape index (κ3) is 3.46. The zero-order chi connectivity index (χ0) is 20.9. The normalized spacial score (nSPS) is 45.5. The first-order chi connectivity index (χ1) is 14.4. The molecule has 0 bridgehead atoms. The fourth-order valence-corrected chi connectivity index (χ4v) is 9.02. The van der Waals surface area contributed by atoms with E-state index in [-0.39, 0.29) is 11.9 Å². The first-order valence-electron chi connectivity index (χ1n) is 12.8. The molecule has 4 aliphatic rings. The van der Waals surface area contributed by atoms with Crippen LogP contribution in [0.25, 0.3) is 0 Å². The van der Waals surface area contributed by atoms with Crippen LogP contribution in [-0.2, 0) is 6.42 Å². The fourth-order valence-electron chi connectivity index (χ4n) is 9.02. The summed E-state index contributed by atoms with van der Waals surface area (Å²) in [5.74, 6) is 4.28. The van der Waals surface area contributed by atoms with Gasteiger partial charge in [0.15, 0.2) is 0 Å². The number of benzene rings is 1. The van der Waals surface area contributed by atoms with Gasteiger partial charge < -0.3 is 5.11 Å². The monoisotopic (exact) mass is 412 g/mol. The minimum atomic E-state index is -0.127. The third-order valence-electron chi connectivity index (χ3n) is 10.8. The Morgan fingerprint density at radius 3 is 2.43 bits per heavy atom. The van der Waals surface area contributed by atoms with Crippen LogP contribution in [-0.4, -0.2) is 11.2 Å². The number of fused-ring (bicyclic) bond motifs is 5. The van der Waals surface area contributed by atoms with Gasteiger partial charge in [-0.15, -0.1) is 0 Å². The molecule has 0 spiro atoms. The van der Waals surface area contributed by atoms with Gasteiger partial charge in [-0.05, 0) is 135 Å². The molecule has 4 fully saturated rings. The van der Waals surface area contributed by atoms with Crippen molar-refractivity contribution in [3.63, 3.8) is 0 Å². The fraction of sp³-hybridized carbons (Fsp3) is 0.786. The van der Waals surface area contributed by atoms with Gasteiger partial charge in [0.25, 0.3) is 0 Å². The highest BCUT2D eigenvalue weighted by Crippen LogP contribution is 2.67. The van der Waals surface area contributed by atoms with E-state index in [4.69, 9.17) is 0 Å². The number of hydrogen-bond acceptors (Lipinski definition) is 1. The predicted molar refractivity (Wildman–Crippen MR) is 121 cm³/mol. The van der Waals surface area contributed by atoms with E-state index >= 15 is 0 Å². The topological polar surface area (TPSA) is 20.2 Å². The minimum Gasteiger partial charge on any atom is -0.393 e. The smallest absolute Gasteiger partial charge is 0.123 e. The second-order valence-electron chi connectivity index (χ2n) is 11.9. The molecule has 8 atom stereocenters. The van der Waals surface area contributed by atoms with Crippen molar-refractivity contribution in [2.75, 3.05) is 0 Å². The lowest BCUT2D eigenvalue weighted by Crippen LogP contribution is -2.53. The molecule has 0 amide bonds. The molecule has 0 aliphatic heterocycles. The Labute approximate surface area is 182 Å². The molecule has 1 N–H and O–H groups in total. The third-order valence-corrected chi connectivity index (χ3v) is 10.8. The maximum Gasteiger partial charge on any atom is 0.123 e. The molecule has 0 aromatic heterocycles. The van der Waals surface area contributed by atoms with Crippen LogP contribution in [0.4, 0.5) is 4.39 Å². The summed E-state index contributed by atoms with van der Waals surface area (Å²) in [6.07, 6.45) is 15.5. The van der Waals surface area contributed by atoms with Crippen molar-refractivity contribution in [1.29, 1.82) is 0 Å². The van der Waals surface area contributed by atoms with Crippen LogP contribution < -0.4 is 0 Å². The SMILES string of the molecule is CC12CCC3[C@@H](CCC4C[C@@H](O)CC[C@@]43C)C1CCC2CCCc1ccc(F)cc1. The second-order valence-corrected chi connectivity index (χ2v) is 11.9. The standard InChI is InChI=1S/C28H41FO/c1-27-17-15-26-24(12-8-21-18-23(30)14-16-28(21,26)2)25(27)13-9-20(27)5-3-4-19-6-10-22(29)11-7-19/h6-7,10-11,20-21,23-26,30H,3-5,8-9,12-18H2,1-2H3/t20?,21?,23-,24-,25?,26?,27?,28-/m0/s1. The lowest BCUT2D eigenvalue weighted by Gasteiger charge is -2.61. The van der Waals surface area contributed by atoms with E-state index in [0.717, 1.165) is 48.9 Å². The van der Waals surface area contributed by atoms with Crippen LogP contribution in [0.2, 0.25) is 0 Å². The molecule has 30 heavy (non-hydrogen) atoms. The van der Waals surface area contributed by atoms with Crippen LogP contribution in [0, 0.1) is 46.2 Å². The van der Waals surface area contributed by atoms with E-state index in [2.05, 4.69) is 13.8 Å². The van der Waals surface area contributed by atoms with E-state index in [1.54, 1.807) is 12.1 Å². The molecular weight excluding hydrogens is 371 g/mol. The Balaban J connectivity index is 1.24. The number of aliphatic hydroxyl groups is 1. The Hall–Kier alpha value is -0.890. The average Bonchev–Trinajstić information content (AvgIpc) is 3.06. The van der Waals surface area contributed by atoms with Crippen molar-refractivity contribution in [2.45, 2.75) is 97.0 Å². The van der Waals surface area contributed by atoms with Gasteiger partial charge >= 0.3 is 0 Å². The van der Waals surface area contributed by atoms with Gasteiger partial charge in [-0.1, -0.05) is 26.0 Å². The van der Waals surface area contributed by atoms with Crippen molar-refractivity contribution in [3.8, 4) is 0 Å². The maximum absolute atomic E-state index is 13.2. The highest BCUT2D eigenvalue weighted by atomic mass is 19.1. The molecule has 0 radical (unpaired) electrons. The zero-order valence-electron chi connectivity index (χ0n) is 19.1. The molecule has 1 aromatic rings. The summed E-state index contributed by atoms with van der Waals surface area (Å²) in [4.78, 5) is 0. The molecular formula is C28H41FO. The Morgan fingerprint density at radius 1 is 0.900 bits per heavy atom. The van der Waals surface area contributed by atoms with Gasteiger partial charge in [0.2, 0.25) is 0 Å². The van der Waals surface area contributed by atoms with Crippen molar-refractivity contribution in [3.05, 3.63) is 35.6 Å². The first kappa shape index (κ1) is 21.0. The van der Waals surface area contributed by atoms with Crippen LogP contribution in [0.3, 0.4) is 0 Å². The minimum absolute atomic E-state index is 0.0366. The van der Waals surface area contributed by atoms with Crippen LogP contribution in [0.5, 0.6) is 0 Å². The van der Waals surface area contributed by atoms with Crippen molar-refractivity contribution >= 4 is 0 Å². The van der Waals surface area contributed by atoms with E-state index in [1.165, 1.54) is 63.4 Å². The number of aliphatic hydroxyl groups excluding tert-OH is 1. The Kier molecular flexibility index (Phi) is 5.53. The number of halogens is 1. The molecule has 2 heteroatoms. The largest absolute Gasteiger partial charge is 0.393 e. The van der Waals surface area contributed by atoms with Gasteiger partial charge in [0.1, 0.15) is 5.82 Å². The summed E-state index contributed by atoms with van der Waals surface area (Å²) in [6.45, 7) is 5.24. The van der Waals surface area contributed by atoms with E-state index in [1.807, 2.05) is 12.1 Å². The lowest BCUT2D eigenvalue weighted by atomic mass is 9.44. The van der Waals surface area contributed by atoms with Crippen molar-refractivity contribution in [1.82, 2.24) is 0 Å². The molecule has 1 aromatic carbocycles. The molecule has 5 rings (SSSR count). The average molecular weight is 413 g/mol. The Morgan fingerprint density at radius 2 is 1.63 bits per heavy atom. The van der Waals surface area contributed by atoms with Crippen LogP contribution >= 0.6 is 0 Å². The number of hydrogen-bond donors (Lipinski definition) is 1. The summed E-state index contributed by atoms with van der Waals surface area (Å²) in [5, 5.41) is 10.2. The summed E-state index contributed by atoms with van der Waals surface area (Å²) in [6, 6.07) is 7.12. The van der Waals surface area contributed by atoms with Crippen molar-refractivity contribution < 1.29 is 9.50 Å². The molecule has 166 valence electrons. The highest BCUT2D eigenvalue weighted by molar-refractivity contribution is 5.16. The lowest BCUT2D eigenvalue weighted by molar-refractivity contribution is -0.126. The predicted octanol–water partition coefficient (Wildman–Crippen LogP) is 7.17. The van der Waals surface area contributed by atoms with Crippen molar-refractivity contribution in [2.24, 2.45) is 40.4 Å². The second kappa shape index (κ2) is 7.91. The molecule has 4 saturated carbocycles. The molecule has 0 saturated heterocycles. The summed E-state index contributed by atoms with van der Waals surface area (Å²) in [5.41, 5.74) is 2.32. The summed E-state index contributed by atoms with van der Waals surface area (Å²) in [7, 11) is 0. The van der Waals surface area contributed by atoms with Crippen LogP contribution in [0.15, 0.2) is 24.3 Å². The summed E-state index contributed by atoms with van der Waals surface area (Å²) < 4.78 is 13.2. The Bertz CT molecular complexity index is 744. The quantitative estimate of drug-likeness (QED) is 0.556. The van der Waals surface area contributed by atoms with E-state index in [9.17, 15) is 9.50 Å². The van der Waals surface area contributed by atoms with Gasteiger partial charge in [-0.3, -0.25) is 0 Å². The molecule has 1 nitrogen and oxygen atoms in total.